The summed E-state index contributed by atoms with van der Waals surface area (Å²) >= 11 is 12.0. The van der Waals surface area contributed by atoms with Crippen LogP contribution < -0.4 is 5.73 Å². The maximum absolute atomic E-state index is 11.6. The standard InChI is InChI=1S/C14H13Cl2NO5.BrH/c1-20-10-5-11(18)21-14(10)13(22-12(19)6-17)8-3-2-7(15)4-9(8)16;/h2-5,13-14H,6,17H2,1H3;1H. The first-order valence-electron chi connectivity index (χ1n) is 6.27. The molecular formula is C14H14BrCl2NO5. The predicted octanol–water partition coefficient (Wildman–Crippen LogP) is 2.57. The van der Waals surface area contributed by atoms with E-state index in [0.717, 1.165) is 0 Å². The monoisotopic (exact) mass is 425 g/mol. The van der Waals surface area contributed by atoms with Gasteiger partial charge in [0, 0.05) is 15.6 Å². The molecule has 0 aromatic heterocycles. The van der Waals surface area contributed by atoms with Crippen LogP contribution in [0.25, 0.3) is 0 Å². The van der Waals surface area contributed by atoms with Crippen LogP contribution in [-0.2, 0) is 23.8 Å². The van der Waals surface area contributed by atoms with Crippen LogP contribution in [0.5, 0.6) is 0 Å². The average Bonchev–Trinajstić information content (AvgIpc) is 2.86. The van der Waals surface area contributed by atoms with E-state index < -0.39 is 24.1 Å². The molecule has 0 radical (unpaired) electrons. The molecule has 2 atom stereocenters. The van der Waals surface area contributed by atoms with E-state index in [1.807, 2.05) is 0 Å². The van der Waals surface area contributed by atoms with Crippen molar-refractivity contribution in [1.29, 1.82) is 0 Å². The molecule has 0 aliphatic carbocycles. The minimum atomic E-state index is -0.988. The highest BCUT2D eigenvalue weighted by atomic mass is 79.9. The Balaban J connectivity index is 0.00000264. The Hall–Kier alpha value is -1.28. The molecule has 2 unspecified atom stereocenters. The van der Waals surface area contributed by atoms with Crippen molar-refractivity contribution in [2.45, 2.75) is 12.2 Å². The number of carbonyl (C=O) groups excluding carboxylic acids is 2. The summed E-state index contributed by atoms with van der Waals surface area (Å²) in [5.74, 6) is -1.04. The van der Waals surface area contributed by atoms with Gasteiger partial charge in [-0.05, 0) is 12.1 Å². The van der Waals surface area contributed by atoms with Gasteiger partial charge in [-0.3, -0.25) is 4.79 Å². The predicted molar refractivity (Wildman–Crippen MR) is 89.6 cm³/mol. The molecule has 1 aliphatic heterocycles. The van der Waals surface area contributed by atoms with Crippen molar-refractivity contribution in [3.8, 4) is 0 Å². The Labute approximate surface area is 153 Å². The summed E-state index contributed by atoms with van der Waals surface area (Å²) in [6, 6.07) is 4.66. The maximum Gasteiger partial charge on any atom is 0.335 e. The summed E-state index contributed by atoms with van der Waals surface area (Å²) in [4.78, 5) is 23.0. The zero-order chi connectivity index (χ0) is 16.3. The number of halogens is 3. The molecule has 9 heteroatoms. The van der Waals surface area contributed by atoms with Crippen LogP contribution in [0.3, 0.4) is 0 Å². The number of hydrogen-bond donors (Lipinski definition) is 1. The summed E-state index contributed by atoms with van der Waals surface area (Å²) < 4.78 is 15.5. The number of nitrogens with two attached hydrogens (primary N) is 1. The SMILES string of the molecule is Br.COC1=CC(=O)OC1C(OC(=O)CN)c1ccc(Cl)cc1Cl. The highest BCUT2D eigenvalue weighted by Crippen LogP contribution is 2.36. The topological polar surface area (TPSA) is 87.9 Å². The van der Waals surface area contributed by atoms with Gasteiger partial charge in [-0.2, -0.15) is 0 Å². The molecule has 0 bridgehead atoms. The van der Waals surface area contributed by atoms with Crippen LogP contribution in [0.2, 0.25) is 10.0 Å². The third kappa shape index (κ3) is 4.60. The van der Waals surface area contributed by atoms with E-state index in [1.165, 1.54) is 19.3 Å². The molecule has 1 aliphatic rings. The molecule has 126 valence electrons. The van der Waals surface area contributed by atoms with Crippen LogP contribution in [0.1, 0.15) is 11.7 Å². The Morgan fingerprint density at radius 2 is 2.13 bits per heavy atom. The largest absolute Gasteiger partial charge is 0.497 e. The number of cyclic esters (lactones) is 1. The molecule has 2 rings (SSSR count). The minimum absolute atomic E-state index is 0. The molecule has 23 heavy (non-hydrogen) atoms. The van der Waals surface area contributed by atoms with E-state index in [4.69, 9.17) is 43.1 Å². The Kier molecular flexibility index (Phi) is 7.34. The van der Waals surface area contributed by atoms with Crippen LogP contribution in [0, 0.1) is 0 Å². The van der Waals surface area contributed by atoms with Crippen LogP contribution in [-0.4, -0.2) is 31.7 Å². The quantitative estimate of drug-likeness (QED) is 0.728. The van der Waals surface area contributed by atoms with Gasteiger partial charge in [0.15, 0.2) is 12.2 Å². The zero-order valence-corrected chi connectivity index (χ0v) is 15.2. The van der Waals surface area contributed by atoms with E-state index in [1.54, 1.807) is 12.1 Å². The second-order valence-electron chi connectivity index (χ2n) is 4.39. The van der Waals surface area contributed by atoms with Gasteiger partial charge in [-0.1, -0.05) is 29.3 Å². The van der Waals surface area contributed by atoms with Gasteiger partial charge in [0.25, 0.3) is 0 Å². The molecule has 1 heterocycles. The van der Waals surface area contributed by atoms with Gasteiger partial charge < -0.3 is 19.9 Å². The van der Waals surface area contributed by atoms with Crippen molar-refractivity contribution in [3.63, 3.8) is 0 Å². The molecule has 0 saturated carbocycles. The molecule has 1 aromatic carbocycles. The minimum Gasteiger partial charge on any atom is -0.497 e. The van der Waals surface area contributed by atoms with Gasteiger partial charge in [0.05, 0.1) is 19.7 Å². The number of methoxy groups -OCH3 is 1. The summed E-state index contributed by atoms with van der Waals surface area (Å²) in [7, 11) is 1.38. The molecule has 6 nitrogen and oxygen atoms in total. The number of rotatable bonds is 5. The van der Waals surface area contributed by atoms with E-state index in [2.05, 4.69) is 0 Å². The van der Waals surface area contributed by atoms with Crippen molar-refractivity contribution >= 4 is 52.1 Å². The lowest BCUT2D eigenvalue weighted by Gasteiger charge is -2.25. The Morgan fingerprint density at radius 1 is 1.43 bits per heavy atom. The number of hydrogen-bond acceptors (Lipinski definition) is 6. The van der Waals surface area contributed by atoms with Crippen LogP contribution in [0.15, 0.2) is 30.0 Å². The number of carbonyl (C=O) groups is 2. The molecule has 0 amide bonds. The first-order chi connectivity index (χ1) is 10.5. The highest BCUT2D eigenvalue weighted by molar-refractivity contribution is 8.93. The lowest BCUT2D eigenvalue weighted by Crippen LogP contribution is -2.29. The molecule has 1 aromatic rings. The molecule has 0 fully saturated rings. The summed E-state index contributed by atoms with van der Waals surface area (Å²) in [5, 5.41) is 0.685. The van der Waals surface area contributed by atoms with Crippen molar-refractivity contribution in [2.24, 2.45) is 5.73 Å². The van der Waals surface area contributed by atoms with Crippen molar-refractivity contribution < 1.29 is 23.8 Å². The fourth-order valence-corrected chi connectivity index (χ4v) is 2.53. The third-order valence-corrected chi connectivity index (χ3v) is 3.55. The molecule has 0 saturated heterocycles. The van der Waals surface area contributed by atoms with Crippen molar-refractivity contribution in [2.75, 3.05) is 13.7 Å². The molecular weight excluding hydrogens is 413 g/mol. The van der Waals surface area contributed by atoms with Gasteiger partial charge in [-0.15, -0.1) is 17.0 Å². The van der Waals surface area contributed by atoms with E-state index >= 15 is 0 Å². The van der Waals surface area contributed by atoms with Crippen molar-refractivity contribution in [3.05, 3.63) is 45.6 Å². The molecule has 2 N–H and O–H groups in total. The smallest absolute Gasteiger partial charge is 0.335 e. The summed E-state index contributed by atoms with van der Waals surface area (Å²) in [6.07, 6.45) is -0.747. The maximum atomic E-state index is 11.6. The summed E-state index contributed by atoms with van der Waals surface area (Å²) in [6.45, 7) is -0.325. The second kappa shape index (κ2) is 8.54. The van der Waals surface area contributed by atoms with Gasteiger partial charge in [0.1, 0.15) is 5.76 Å². The first kappa shape index (κ1) is 19.8. The average molecular weight is 427 g/mol. The lowest BCUT2D eigenvalue weighted by molar-refractivity contribution is -0.161. The van der Waals surface area contributed by atoms with Crippen molar-refractivity contribution in [1.82, 2.24) is 0 Å². The van der Waals surface area contributed by atoms with Crippen LogP contribution in [0.4, 0.5) is 0 Å². The van der Waals surface area contributed by atoms with Gasteiger partial charge in [-0.25, -0.2) is 4.79 Å². The summed E-state index contributed by atoms with van der Waals surface area (Å²) in [5.41, 5.74) is 5.70. The number of esters is 2. The second-order valence-corrected chi connectivity index (χ2v) is 5.23. The van der Waals surface area contributed by atoms with Gasteiger partial charge >= 0.3 is 11.9 Å². The lowest BCUT2D eigenvalue weighted by atomic mass is 10.0. The first-order valence-corrected chi connectivity index (χ1v) is 7.02. The number of benzene rings is 1. The fraction of sp³-hybridized carbons (Fsp3) is 0.286. The highest BCUT2D eigenvalue weighted by Gasteiger charge is 2.39. The number of ether oxygens (including phenoxy) is 3. The zero-order valence-electron chi connectivity index (χ0n) is 12.0. The molecule has 0 spiro atoms. The Morgan fingerprint density at radius 3 is 2.70 bits per heavy atom. The van der Waals surface area contributed by atoms with E-state index in [0.29, 0.717) is 10.6 Å². The Bertz CT molecular complexity index is 638. The fourth-order valence-electron chi connectivity index (χ4n) is 2.01. The van der Waals surface area contributed by atoms with Gasteiger partial charge in [0.2, 0.25) is 0 Å². The van der Waals surface area contributed by atoms with E-state index in [9.17, 15) is 9.59 Å². The van der Waals surface area contributed by atoms with Crippen LogP contribution >= 0.6 is 40.2 Å². The third-order valence-electron chi connectivity index (χ3n) is 2.99. The van der Waals surface area contributed by atoms with E-state index in [-0.39, 0.29) is 34.3 Å². The normalized spacial score (nSPS) is 17.7.